The number of halogens is 1. The Morgan fingerprint density at radius 2 is 2.18 bits per heavy atom. The maximum atomic E-state index is 5.88. The van der Waals surface area contributed by atoms with Gasteiger partial charge < -0.3 is 9.80 Å². The van der Waals surface area contributed by atoms with Gasteiger partial charge in [-0.05, 0) is 25.3 Å². The molecule has 1 heterocycles. The molecule has 0 bridgehead atoms. The molecule has 1 fully saturated rings. The standard InChI is InChI=1S/C12H19ClN4/c1-16(2)12-14-8-6-11(15-12)17(9-7-13)10-4-3-5-10/h6,8,10H,3-5,7,9H2,1-2H3. The third-order valence-electron chi connectivity index (χ3n) is 3.16. The Balaban J connectivity index is 2.19. The highest BCUT2D eigenvalue weighted by atomic mass is 35.5. The van der Waals surface area contributed by atoms with Crippen LogP contribution in [-0.2, 0) is 0 Å². The maximum Gasteiger partial charge on any atom is 0.226 e. The molecule has 0 aromatic carbocycles. The molecule has 2 rings (SSSR count). The van der Waals surface area contributed by atoms with E-state index in [1.165, 1.54) is 19.3 Å². The fourth-order valence-corrected chi connectivity index (χ4v) is 2.17. The minimum Gasteiger partial charge on any atom is -0.352 e. The lowest BCUT2D eigenvalue weighted by Gasteiger charge is -2.38. The van der Waals surface area contributed by atoms with Crippen LogP contribution in [0, 0.1) is 0 Å². The largest absolute Gasteiger partial charge is 0.352 e. The molecule has 0 spiro atoms. The minimum atomic E-state index is 0.610. The van der Waals surface area contributed by atoms with Crippen LogP contribution in [0.1, 0.15) is 19.3 Å². The zero-order valence-corrected chi connectivity index (χ0v) is 11.2. The molecule has 1 saturated carbocycles. The molecule has 1 aliphatic carbocycles. The quantitative estimate of drug-likeness (QED) is 0.754. The molecular weight excluding hydrogens is 236 g/mol. The third-order valence-corrected chi connectivity index (χ3v) is 3.33. The van der Waals surface area contributed by atoms with Gasteiger partial charge in [-0.1, -0.05) is 0 Å². The fourth-order valence-electron chi connectivity index (χ4n) is 1.99. The first kappa shape index (κ1) is 12.4. The molecule has 1 aliphatic rings. The van der Waals surface area contributed by atoms with Crippen LogP contribution in [0.15, 0.2) is 12.3 Å². The second-order valence-corrected chi connectivity index (χ2v) is 4.95. The summed E-state index contributed by atoms with van der Waals surface area (Å²) in [5.74, 6) is 2.38. The van der Waals surface area contributed by atoms with Crippen molar-refractivity contribution in [1.82, 2.24) is 9.97 Å². The zero-order chi connectivity index (χ0) is 12.3. The Hall–Kier alpha value is -1.03. The number of alkyl halides is 1. The SMILES string of the molecule is CN(C)c1nccc(N(CCCl)C2CCC2)n1. The second-order valence-electron chi connectivity index (χ2n) is 4.58. The fraction of sp³-hybridized carbons (Fsp3) is 0.667. The van der Waals surface area contributed by atoms with Gasteiger partial charge in [0.05, 0.1) is 0 Å². The van der Waals surface area contributed by atoms with E-state index in [0.29, 0.717) is 11.9 Å². The molecule has 0 radical (unpaired) electrons. The van der Waals surface area contributed by atoms with Crippen LogP contribution in [0.3, 0.4) is 0 Å². The van der Waals surface area contributed by atoms with Crippen LogP contribution < -0.4 is 9.80 Å². The van der Waals surface area contributed by atoms with E-state index in [2.05, 4.69) is 14.9 Å². The first-order chi connectivity index (χ1) is 8.22. The predicted molar refractivity (Wildman–Crippen MR) is 72.1 cm³/mol. The van der Waals surface area contributed by atoms with Gasteiger partial charge in [-0.3, -0.25) is 0 Å². The van der Waals surface area contributed by atoms with Crippen molar-refractivity contribution in [3.05, 3.63) is 12.3 Å². The monoisotopic (exact) mass is 254 g/mol. The topological polar surface area (TPSA) is 32.3 Å². The molecule has 0 saturated heterocycles. The molecule has 1 aromatic rings. The van der Waals surface area contributed by atoms with E-state index in [1.807, 2.05) is 31.3 Å². The van der Waals surface area contributed by atoms with E-state index in [0.717, 1.165) is 18.3 Å². The molecule has 1 aromatic heterocycles. The van der Waals surface area contributed by atoms with Gasteiger partial charge in [0.25, 0.3) is 0 Å². The van der Waals surface area contributed by atoms with E-state index < -0.39 is 0 Å². The molecule has 0 N–H and O–H groups in total. The summed E-state index contributed by atoms with van der Waals surface area (Å²) in [6, 6.07) is 2.58. The Kier molecular flexibility index (Phi) is 4.05. The van der Waals surface area contributed by atoms with Crippen molar-refractivity contribution < 1.29 is 0 Å². The summed E-state index contributed by atoms with van der Waals surface area (Å²) in [6.07, 6.45) is 5.63. The van der Waals surface area contributed by atoms with E-state index in [1.54, 1.807) is 0 Å². The van der Waals surface area contributed by atoms with Gasteiger partial charge in [-0.25, -0.2) is 4.98 Å². The van der Waals surface area contributed by atoms with Crippen molar-refractivity contribution in [1.29, 1.82) is 0 Å². The van der Waals surface area contributed by atoms with Crippen molar-refractivity contribution in [2.24, 2.45) is 0 Å². The second kappa shape index (κ2) is 5.54. The summed E-state index contributed by atoms with van der Waals surface area (Å²) in [5.41, 5.74) is 0. The van der Waals surface area contributed by atoms with Crippen molar-refractivity contribution in [3.63, 3.8) is 0 Å². The minimum absolute atomic E-state index is 0.610. The molecule has 0 aliphatic heterocycles. The average Bonchev–Trinajstić information content (AvgIpc) is 2.26. The number of hydrogen-bond acceptors (Lipinski definition) is 4. The summed E-state index contributed by atoms with van der Waals surface area (Å²) >= 11 is 5.88. The van der Waals surface area contributed by atoms with E-state index >= 15 is 0 Å². The van der Waals surface area contributed by atoms with Crippen LogP contribution in [0.2, 0.25) is 0 Å². The van der Waals surface area contributed by atoms with Crippen LogP contribution in [0.25, 0.3) is 0 Å². The summed E-state index contributed by atoms with van der Waals surface area (Å²) in [5, 5.41) is 0. The smallest absolute Gasteiger partial charge is 0.226 e. The molecule has 94 valence electrons. The first-order valence-corrected chi connectivity index (χ1v) is 6.59. The van der Waals surface area contributed by atoms with Crippen molar-refractivity contribution in [2.45, 2.75) is 25.3 Å². The Morgan fingerprint density at radius 1 is 1.41 bits per heavy atom. The highest BCUT2D eigenvalue weighted by molar-refractivity contribution is 6.18. The van der Waals surface area contributed by atoms with E-state index in [9.17, 15) is 0 Å². The predicted octanol–water partition coefficient (Wildman–Crippen LogP) is 2.14. The first-order valence-electron chi connectivity index (χ1n) is 6.05. The van der Waals surface area contributed by atoms with Gasteiger partial charge in [0.2, 0.25) is 5.95 Å². The summed E-state index contributed by atoms with van der Waals surface area (Å²) in [4.78, 5) is 13.0. The summed E-state index contributed by atoms with van der Waals surface area (Å²) < 4.78 is 0. The lowest BCUT2D eigenvalue weighted by atomic mass is 9.91. The normalized spacial score (nSPS) is 15.5. The van der Waals surface area contributed by atoms with Crippen LogP contribution in [0.4, 0.5) is 11.8 Å². The van der Waals surface area contributed by atoms with Crippen LogP contribution in [-0.4, -0.2) is 42.5 Å². The van der Waals surface area contributed by atoms with Crippen LogP contribution in [0.5, 0.6) is 0 Å². The highest BCUT2D eigenvalue weighted by Crippen LogP contribution is 2.28. The van der Waals surface area contributed by atoms with Gasteiger partial charge in [0.1, 0.15) is 5.82 Å². The van der Waals surface area contributed by atoms with Crippen molar-refractivity contribution >= 4 is 23.4 Å². The van der Waals surface area contributed by atoms with Gasteiger partial charge in [-0.2, -0.15) is 4.98 Å². The average molecular weight is 255 g/mol. The number of aromatic nitrogens is 2. The Bertz CT molecular complexity index is 365. The number of rotatable bonds is 5. The lowest BCUT2D eigenvalue weighted by molar-refractivity contribution is 0.388. The molecular formula is C12H19ClN4. The number of nitrogens with zero attached hydrogens (tertiary/aromatic N) is 4. The van der Waals surface area contributed by atoms with Gasteiger partial charge in [0, 0.05) is 38.8 Å². The van der Waals surface area contributed by atoms with Crippen molar-refractivity contribution in [3.8, 4) is 0 Å². The van der Waals surface area contributed by atoms with Crippen molar-refractivity contribution in [2.75, 3.05) is 36.3 Å². The Morgan fingerprint density at radius 3 is 2.71 bits per heavy atom. The summed E-state index contributed by atoms with van der Waals surface area (Å²) in [7, 11) is 3.91. The maximum absolute atomic E-state index is 5.88. The zero-order valence-electron chi connectivity index (χ0n) is 10.4. The highest BCUT2D eigenvalue weighted by Gasteiger charge is 2.25. The molecule has 17 heavy (non-hydrogen) atoms. The van der Waals surface area contributed by atoms with E-state index in [-0.39, 0.29) is 0 Å². The molecule has 0 unspecified atom stereocenters. The number of hydrogen-bond donors (Lipinski definition) is 0. The third kappa shape index (κ3) is 2.80. The summed E-state index contributed by atoms with van der Waals surface area (Å²) in [6.45, 7) is 0.857. The van der Waals surface area contributed by atoms with Gasteiger partial charge in [0.15, 0.2) is 0 Å². The molecule has 4 nitrogen and oxygen atoms in total. The molecule has 0 amide bonds. The van der Waals surface area contributed by atoms with Crippen LogP contribution >= 0.6 is 11.6 Å². The van der Waals surface area contributed by atoms with Gasteiger partial charge in [-0.15, -0.1) is 11.6 Å². The molecule has 5 heteroatoms. The Labute approximate surface area is 108 Å². The van der Waals surface area contributed by atoms with E-state index in [4.69, 9.17) is 11.6 Å². The molecule has 0 atom stereocenters. The lowest BCUT2D eigenvalue weighted by Crippen LogP contribution is -2.42. The number of anilines is 2. The van der Waals surface area contributed by atoms with Gasteiger partial charge >= 0.3 is 0 Å².